The summed E-state index contributed by atoms with van der Waals surface area (Å²) in [4.78, 5) is 16.6. The average Bonchev–Trinajstić information content (AvgIpc) is 3.36. The summed E-state index contributed by atoms with van der Waals surface area (Å²) >= 11 is 3.44. The highest BCUT2D eigenvalue weighted by Crippen LogP contribution is 2.42. The Kier molecular flexibility index (Phi) is 7.36. The summed E-state index contributed by atoms with van der Waals surface area (Å²) < 4.78 is 71.9. The largest absolute Gasteiger partial charge is 0.516 e. The minimum Gasteiger partial charge on any atom is -0.477 e. The number of para-hydroxylation sites is 1. The maximum absolute atomic E-state index is 13.0. The Morgan fingerprint density at radius 2 is 1.89 bits per heavy atom. The number of aromatic nitrogens is 2. The lowest BCUT2D eigenvalue weighted by Gasteiger charge is -2.13. The number of rotatable bonds is 8. The summed E-state index contributed by atoms with van der Waals surface area (Å²) in [5, 5.41) is 10.5. The van der Waals surface area contributed by atoms with Gasteiger partial charge in [-0.3, -0.25) is 4.72 Å². The van der Waals surface area contributed by atoms with Crippen LogP contribution in [0.4, 0.5) is 18.9 Å². The molecule has 0 bridgehead atoms. The van der Waals surface area contributed by atoms with Gasteiger partial charge in [-0.1, -0.05) is 39.0 Å². The monoisotopic (exact) mass is 613 g/mol. The van der Waals surface area contributed by atoms with Gasteiger partial charge in [0.05, 0.1) is 15.9 Å². The Morgan fingerprint density at radius 3 is 2.50 bits per heavy atom. The second-order valence-electron chi connectivity index (χ2n) is 8.83. The highest BCUT2D eigenvalue weighted by atomic mass is 79.9. The van der Waals surface area contributed by atoms with E-state index < -0.39 is 21.5 Å². The number of furan rings is 1. The van der Waals surface area contributed by atoms with Crippen molar-refractivity contribution in [3.63, 3.8) is 0 Å². The molecule has 4 aromatic rings. The van der Waals surface area contributed by atoms with Crippen LogP contribution in [0, 0.1) is 0 Å². The van der Waals surface area contributed by atoms with E-state index in [1.165, 1.54) is 24.3 Å². The van der Waals surface area contributed by atoms with Crippen LogP contribution in [-0.4, -0.2) is 34.6 Å². The second kappa shape index (κ2) is 10.1. The van der Waals surface area contributed by atoms with Crippen LogP contribution in [-0.2, 0) is 23.0 Å². The third-order valence-electron chi connectivity index (χ3n) is 5.89. The predicted octanol–water partition coefficient (Wildman–Crippen LogP) is 6.75. The Hall–Kier alpha value is -3.32. The Bertz CT molecular complexity index is 1640. The molecule has 2 aromatic heterocycles. The van der Waals surface area contributed by atoms with Crippen LogP contribution in [0.3, 0.4) is 0 Å². The van der Waals surface area contributed by atoms with E-state index in [9.17, 15) is 31.5 Å². The first-order valence-electron chi connectivity index (χ1n) is 11.5. The molecule has 0 aliphatic rings. The van der Waals surface area contributed by atoms with E-state index in [1.54, 1.807) is 27.5 Å². The van der Waals surface area contributed by atoms with E-state index >= 15 is 0 Å². The maximum Gasteiger partial charge on any atom is 0.516 e. The van der Waals surface area contributed by atoms with Gasteiger partial charge in [0.15, 0.2) is 11.5 Å². The van der Waals surface area contributed by atoms with Gasteiger partial charge in [-0.05, 0) is 51.7 Å². The number of carboxylic acids is 1. The number of hydrogen-bond donors (Lipinski definition) is 2. The molecule has 0 fully saturated rings. The summed E-state index contributed by atoms with van der Waals surface area (Å²) in [5.41, 5.74) is -3.94. The number of benzene rings is 2. The lowest BCUT2D eigenvalue weighted by atomic mass is 10.1. The standard InChI is InChI=1S/C25H23BrF3N3O5S/c1-4-19-30-21(13(2)3)22(24(33)34)32(19)12-14-9-10-18-16(11-14)20(26)23(37-18)15-7-5-6-8-17(15)31-38(35,36)25(27,28)29/h5-11,13,31H,4,12H2,1-3H3,(H,33,34). The zero-order chi connectivity index (χ0) is 28.0. The fraction of sp³-hybridized carbons (Fsp3) is 0.280. The van der Waals surface area contributed by atoms with E-state index in [1.807, 2.05) is 20.8 Å². The quantitative estimate of drug-likeness (QED) is 0.227. The molecule has 202 valence electrons. The van der Waals surface area contributed by atoms with E-state index in [2.05, 4.69) is 20.9 Å². The third kappa shape index (κ3) is 5.04. The maximum atomic E-state index is 13.0. The molecule has 0 spiro atoms. The van der Waals surface area contributed by atoms with Gasteiger partial charge in [-0.25, -0.2) is 9.78 Å². The van der Waals surface area contributed by atoms with Crippen molar-refractivity contribution in [2.24, 2.45) is 0 Å². The number of hydrogen-bond acceptors (Lipinski definition) is 5. The van der Waals surface area contributed by atoms with Crippen molar-refractivity contribution in [1.29, 1.82) is 0 Å². The molecular weight excluding hydrogens is 591 g/mol. The number of carboxylic acid groups (broad SMARTS) is 1. The zero-order valence-electron chi connectivity index (χ0n) is 20.4. The van der Waals surface area contributed by atoms with Crippen molar-refractivity contribution >= 4 is 48.6 Å². The fourth-order valence-corrected chi connectivity index (χ4v) is 5.32. The van der Waals surface area contributed by atoms with Crippen LogP contribution >= 0.6 is 15.9 Å². The zero-order valence-corrected chi connectivity index (χ0v) is 22.8. The summed E-state index contributed by atoms with van der Waals surface area (Å²) in [7, 11) is -5.65. The molecule has 2 N–H and O–H groups in total. The van der Waals surface area contributed by atoms with Crippen molar-refractivity contribution in [3.05, 3.63) is 69.7 Å². The molecule has 0 amide bonds. The van der Waals surface area contributed by atoms with Gasteiger partial charge in [0.1, 0.15) is 11.4 Å². The second-order valence-corrected chi connectivity index (χ2v) is 11.3. The first kappa shape index (κ1) is 27.7. The van der Waals surface area contributed by atoms with Gasteiger partial charge >= 0.3 is 21.5 Å². The molecule has 0 aliphatic heterocycles. The van der Waals surface area contributed by atoms with Gasteiger partial charge in [-0.15, -0.1) is 0 Å². The minimum absolute atomic E-state index is 0.0875. The molecule has 0 radical (unpaired) electrons. The number of aryl methyl sites for hydroxylation is 1. The van der Waals surface area contributed by atoms with E-state index in [-0.39, 0.29) is 35.2 Å². The molecule has 38 heavy (non-hydrogen) atoms. The molecule has 2 heterocycles. The number of carbonyl (C=O) groups is 1. The number of nitrogens with zero attached hydrogens (tertiary/aromatic N) is 2. The Balaban J connectivity index is 1.78. The number of aromatic carboxylic acids is 1. The number of halogens is 4. The van der Waals surface area contributed by atoms with Crippen LogP contribution in [0.1, 0.15) is 54.3 Å². The first-order valence-corrected chi connectivity index (χ1v) is 13.7. The Morgan fingerprint density at radius 1 is 1.21 bits per heavy atom. The molecule has 8 nitrogen and oxygen atoms in total. The van der Waals surface area contributed by atoms with E-state index in [0.717, 1.165) is 5.56 Å². The summed E-state index contributed by atoms with van der Waals surface area (Å²) in [6, 6.07) is 10.8. The number of alkyl halides is 3. The van der Waals surface area contributed by atoms with Crippen LogP contribution in [0.5, 0.6) is 0 Å². The molecule has 0 atom stereocenters. The van der Waals surface area contributed by atoms with Crippen LogP contribution in [0.15, 0.2) is 51.4 Å². The lowest BCUT2D eigenvalue weighted by Crippen LogP contribution is -2.30. The molecule has 2 aromatic carbocycles. The van der Waals surface area contributed by atoms with E-state index in [0.29, 0.717) is 33.4 Å². The molecule has 0 unspecified atom stereocenters. The number of sulfonamides is 1. The number of imidazole rings is 1. The Labute approximate surface area is 224 Å². The van der Waals surface area contributed by atoms with Crippen molar-refractivity contribution in [1.82, 2.24) is 9.55 Å². The lowest BCUT2D eigenvalue weighted by molar-refractivity contribution is -0.0429. The van der Waals surface area contributed by atoms with Crippen molar-refractivity contribution in [3.8, 4) is 11.3 Å². The van der Waals surface area contributed by atoms with Crippen molar-refractivity contribution in [2.45, 2.75) is 45.2 Å². The normalized spacial score (nSPS) is 12.4. The van der Waals surface area contributed by atoms with Crippen LogP contribution < -0.4 is 4.72 Å². The topological polar surface area (TPSA) is 114 Å². The van der Waals surface area contributed by atoms with E-state index in [4.69, 9.17) is 4.42 Å². The third-order valence-corrected chi connectivity index (χ3v) is 7.78. The average molecular weight is 614 g/mol. The van der Waals surface area contributed by atoms with Gasteiger partial charge in [0.25, 0.3) is 0 Å². The fourth-order valence-electron chi connectivity index (χ4n) is 4.13. The SMILES string of the molecule is CCc1nc(C(C)C)c(C(=O)O)n1Cc1ccc2oc(-c3ccccc3NS(=O)(=O)C(F)(F)F)c(Br)c2c1. The summed E-state index contributed by atoms with van der Waals surface area (Å²) in [6.07, 6.45) is 0.527. The summed E-state index contributed by atoms with van der Waals surface area (Å²) in [6.45, 7) is 5.86. The molecular formula is C25H23BrF3N3O5S. The highest BCUT2D eigenvalue weighted by molar-refractivity contribution is 9.10. The number of anilines is 1. The molecule has 4 rings (SSSR count). The van der Waals surface area contributed by atoms with Crippen LogP contribution in [0.2, 0.25) is 0 Å². The molecule has 0 saturated heterocycles. The van der Waals surface area contributed by atoms with Gasteiger partial charge in [0.2, 0.25) is 0 Å². The van der Waals surface area contributed by atoms with Crippen molar-refractivity contribution < 1.29 is 35.9 Å². The molecule has 0 saturated carbocycles. The van der Waals surface area contributed by atoms with Crippen LogP contribution in [0.25, 0.3) is 22.3 Å². The smallest absolute Gasteiger partial charge is 0.477 e. The number of fused-ring (bicyclic) bond motifs is 1. The van der Waals surface area contributed by atoms with Gasteiger partial charge < -0.3 is 14.1 Å². The molecule has 13 heteroatoms. The van der Waals surface area contributed by atoms with Gasteiger partial charge in [-0.2, -0.15) is 21.6 Å². The minimum atomic E-state index is -5.65. The predicted molar refractivity (Wildman–Crippen MR) is 140 cm³/mol. The first-order chi connectivity index (χ1) is 17.7. The highest BCUT2D eigenvalue weighted by Gasteiger charge is 2.46. The summed E-state index contributed by atoms with van der Waals surface area (Å²) in [5.74, 6) is -0.408. The van der Waals surface area contributed by atoms with Crippen molar-refractivity contribution in [2.75, 3.05) is 4.72 Å². The van der Waals surface area contributed by atoms with Gasteiger partial charge in [0, 0.05) is 23.9 Å². The molecule has 0 aliphatic carbocycles. The number of nitrogens with one attached hydrogen (secondary N) is 1.